The van der Waals surface area contributed by atoms with E-state index in [9.17, 15) is 0 Å². The van der Waals surface area contributed by atoms with Crippen LogP contribution in [0.25, 0.3) is 0 Å². The molecule has 1 aliphatic heterocycles. The molecule has 0 atom stereocenters. The third kappa shape index (κ3) is 4.15. The summed E-state index contributed by atoms with van der Waals surface area (Å²) in [6, 6.07) is 9.25. The molecule has 0 radical (unpaired) electrons. The van der Waals surface area contributed by atoms with Gasteiger partial charge in [0, 0.05) is 43.7 Å². The predicted octanol–water partition coefficient (Wildman–Crippen LogP) is 2.58. The number of nitrogens with zero attached hydrogens (tertiary/aromatic N) is 1. The molecule has 1 aromatic rings. The summed E-state index contributed by atoms with van der Waals surface area (Å²) in [4.78, 5) is 2.59. The van der Waals surface area contributed by atoms with Gasteiger partial charge in [0.2, 0.25) is 0 Å². The molecule has 1 aliphatic carbocycles. The molecule has 0 unspecified atom stereocenters. The maximum absolute atomic E-state index is 5.31. The Labute approximate surface area is 132 Å². The summed E-state index contributed by atoms with van der Waals surface area (Å²) >= 11 is 2.08. The van der Waals surface area contributed by atoms with Gasteiger partial charge < -0.3 is 15.0 Å². The van der Waals surface area contributed by atoms with Crippen molar-refractivity contribution in [2.45, 2.75) is 24.8 Å². The molecule has 1 N–H and O–H groups in total. The minimum absolute atomic E-state index is 0.709. The number of methoxy groups -OCH3 is 1. The fourth-order valence-corrected chi connectivity index (χ4v) is 4.18. The van der Waals surface area contributed by atoms with Crippen molar-refractivity contribution in [3.63, 3.8) is 0 Å². The third-order valence-electron chi connectivity index (χ3n) is 4.67. The molecule has 1 saturated carbocycles. The Hall–Kier alpha value is -0.710. The lowest BCUT2D eigenvalue weighted by Gasteiger charge is -2.37. The van der Waals surface area contributed by atoms with Crippen molar-refractivity contribution in [3.05, 3.63) is 29.8 Å². The van der Waals surface area contributed by atoms with Crippen LogP contribution in [0.1, 0.15) is 24.3 Å². The van der Waals surface area contributed by atoms with Crippen LogP contribution >= 0.6 is 11.8 Å². The number of nitrogens with one attached hydrogen (secondary N) is 1. The first-order valence-electron chi connectivity index (χ1n) is 8.02. The Morgan fingerprint density at radius 3 is 2.86 bits per heavy atom. The zero-order valence-electron chi connectivity index (χ0n) is 12.9. The number of hydrogen-bond donors (Lipinski definition) is 1. The molecule has 2 aliphatic rings. The lowest BCUT2D eigenvalue weighted by Crippen LogP contribution is -2.44. The zero-order valence-corrected chi connectivity index (χ0v) is 13.7. The number of benzene rings is 1. The second-order valence-corrected chi connectivity index (χ2v) is 7.27. The topological polar surface area (TPSA) is 24.5 Å². The van der Waals surface area contributed by atoms with Crippen molar-refractivity contribution < 1.29 is 4.74 Å². The monoisotopic (exact) mass is 306 g/mol. The molecule has 4 heteroatoms. The van der Waals surface area contributed by atoms with E-state index >= 15 is 0 Å². The highest BCUT2D eigenvalue weighted by Crippen LogP contribution is 2.37. The van der Waals surface area contributed by atoms with Crippen molar-refractivity contribution in [2.75, 3.05) is 44.8 Å². The Kier molecular flexibility index (Phi) is 5.44. The van der Waals surface area contributed by atoms with Crippen molar-refractivity contribution in [1.82, 2.24) is 10.2 Å². The fraction of sp³-hybridized carbons (Fsp3) is 0.647. The maximum atomic E-state index is 5.31. The first kappa shape index (κ1) is 15.2. The molecule has 0 amide bonds. The summed E-state index contributed by atoms with van der Waals surface area (Å²) in [5.41, 5.74) is 1.43. The SMILES string of the molecule is COc1cccc(C2CC(NCCN3CCSCC3)C2)c1. The number of ether oxygens (including phenoxy) is 1. The van der Waals surface area contributed by atoms with E-state index in [4.69, 9.17) is 4.74 Å². The smallest absolute Gasteiger partial charge is 0.119 e. The molecular weight excluding hydrogens is 280 g/mol. The van der Waals surface area contributed by atoms with Gasteiger partial charge in [-0.25, -0.2) is 0 Å². The molecule has 2 fully saturated rings. The van der Waals surface area contributed by atoms with Gasteiger partial charge >= 0.3 is 0 Å². The van der Waals surface area contributed by atoms with E-state index < -0.39 is 0 Å². The molecule has 0 aromatic heterocycles. The summed E-state index contributed by atoms with van der Waals surface area (Å²) in [6.45, 7) is 4.88. The van der Waals surface area contributed by atoms with Gasteiger partial charge in [0.25, 0.3) is 0 Å². The molecule has 0 bridgehead atoms. The van der Waals surface area contributed by atoms with Gasteiger partial charge in [-0.1, -0.05) is 12.1 Å². The van der Waals surface area contributed by atoms with Gasteiger partial charge in [0.1, 0.15) is 5.75 Å². The maximum Gasteiger partial charge on any atom is 0.119 e. The molecule has 1 heterocycles. The average Bonchev–Trinajstić information content (AvgIpc) is 2.50. The van der Waals surface area contributed by atoms with Crippen LogP contribution in [0.15, 0.2) is 24.3 Å². The Bertz CT molecular complexity index is 442. The summed E-state index contributed by atoms with van der Waals surface area (Å²) in [6.07, 6.45) is 2.53. The molecule has 116 valence electrons. The van der Waals surface area contributed by atoms with Crippen molar-refractivity contribution in [2.24, 2.45) is 0 Å². The normalized spacial score (nSPS) is 26.3. The largest absolute Gasteiger partial charge is 0.497 e. The summed E-state index contributed by atoms with van der Waals surface area (Å²) < 4.78 is 5.31. The molecule has 1 saturated heterocycles. The van der Waals surface area contributed by atoms with Crippen molar-refractivity contribution in [1.29, 1.82) is 0 Å². The highest BCUT2D eigenvalue weighted by atomic mass is 32.2. The Morgan fingerprint density at radius 1 is 1.29 bits per heavy atom. The van der Waals surface area contributed by atoms with E-state index in [0.717, 1.165) is 12.3 Å². The molecule has 1 aromatic carbocycles. The van der Waals surface area contributed by atoms with E-state index in [1.54, 1.807) is 7.11 Å². The summed E-state index contributed by atoms with van der Waals surface area (Å²) in [7, 11) is 1.74. The number of thioether (sulfide) groups is 1. The van der Waals surface area contributed by atoms with Crippen molar-refractivity contribution in [3.8, 4) is 5.75 Å². The zero-order chi connectivity index (χ0) is 14.5. The second kappa shape index (κ2) is 7.52. The van der Waals surface area contributed by atoms with E-state index in [0.29, 0.717) is 12.0 Å². The van der Waals surface area contributed by atoms with Crippen LogP contribution in [0.2, 0.25) is 0 Å². The van der Waals surface area contributed by atoms with Crippen LogP contribution in [-0.4, -0.2) is 55.7 Å². The first-order chi connectivity index (χ1) is 10.3. The summed E-state index contributed by atoms with van der Waals surface area (Å²) in [5.74, 6) is 4.30. The second-order valence-electron chi connectivity index (χ2n) is 6.05. The Balaban J connectivity index is 1.35. The van der Waals surface area contributed by atoms with Gasteiger partial charge in [-0.2, -0.15) is 11.8 Å². The number of rotatable bonds is 6. The van der Waals surface area contributed by atoms with Gasteiger partial charge in [-0.3, -0.25) is 0 Å². The molecule has 21 heavy (non-hydrogen) atoms. The minimum Gasteiger partial charge on any atom is -0.497 e. The number of hydrogen-bond acceptors (Lipinski definition) is 4. The first-order valence-corrected chi connectivity index (χ1v) is 9.18. The average molecular weight is 306 g/mol. The van der Waals surface area contributed by atoms with Crippen LogP contribution in [0.4, 0.5) is 0 Å². The molecule has 0 spiro atoms. The van der Waals surface area contributed by atoms with E-state index in [-0.39, 0.29) is 0 Å². The quantitative estimate of drug-likeness (QED) is 0.873. The van der Waals surface area contributed by atoms with E-state index in [1.807, 2.05) is 6.07 Å². The third-order valence-corrected chi connectivity index (χ3v) is 5.61. The van der Waals surface area contributed by atoms with Crippen molar-refractivity contribution >= 4 is 11.8 Å². The fourth-order valence-electron chi connectivity index (χ4n) is 3.20. The van der Waals surface area contributed by atoms with E-state index in [2.05, 4.69) is 40.2 Å². The lowest BCUT2D eigenvalue weighted by molar-refractivity contribution is 0.255. The van der Waals surface area contributed by atoms with Crippen LogP contribution in [-0.2, 0) is 0 Å². The lowest BCUT2D eigenvalue weighted by atomic mass is 9.76. The van der Waals surface area contributed by atoms with Gasteiger partial charge in [-0.15, -0.1) is 0 Å². The van der Waals surface area contributed by atoms with Gasteiger partial charge in [0.05, 0.1) is 7.11 Å². The minimum atomic E-state index is 0.709. The standard InChI is InChI=1S/C17H26N2OS/c1-20-17-4-2-3-14(13-17)15-11-16(12-15)18-5-6-19-7-9-21-10-8-19/h2-4,13,15-16,18H,5-12H2,1H3. The van der Waals surface area contributed by atoms with Crippen LogP contribution in [0.3, 0.4) is 0 Å². The Morgan fingerprint density at radius 2 is 2.10 bits per heavy atom. The highest BCUT2D eigenvalue weighted by Gasteiger charge is 2.29. The van der Waals surface area contributed by atoms with E-state index in [1.165, 1.54) is 49.5 Å². The summed E-state index contributed by atoms with van der Waals surface area (Å²) in [5, 5.41) is 3.72. The van der Waals surface area contributed by atoms with Crippen LogP contribution in [0.5, 0.6) is 5.75 Å². The van der Waals surface area contributed by atoms with Gasteiger partial charge in [0.15, 0.2) is 0 Å². The molecule has 3 nitrogen and oxygen atoms in total. The predicted molar refractivity (Wildman–Crippen MR) is 90.5 cm³/mol. The van der Waals surface area contributed by atoms with Crippen LogP contribution < -0.4 is 10.1 Å². The van der Waals surface area contributed by atoms with Gasteiger partial charge in [-0.05, 0) is 36.5 Å². The van der Waals surface area contributed by atoms with Crippen LogP contribution in [0, 0.1) is 0 Å². The molecule has 3 rings (SSSR count). The highest BCUT2D eigenvalue weighted by molar-refractivity contribution is 7.99. The molecular formula is C17H26N2OS.